The summed E-state index contributed by atoms with van der Waals surface area (Å²) in [5.41, 5.74) is 6.89. The second kappa shape index (κ2) is 10.1. The van der Waals surface area contributed by atoms with E-state index in [0.717, 1.165) is 40.2 Å². The number of aromatic nitrogens is 5. The first-order chi connectivity index (χ1) is 18.3. The van der Waals surface area contributed by atoms with E-state index in [-0.39, 0.29) is 11.9 Å². The fraction of sp³-hybridized carbons (Fsp3) is 0.345. The number of ether oxygens (including phenoxy) is 1. The van der Waals surface area contributed by atoms with E-state index in [4.69, 9.17) is 11.3 Å². The Bertz CT molecular complexity index is 1560. The molecule has 1 amide bonds. The van der Waals surface area contributed by atoms with Gasteiger partial charge >= 0.3 is 0 Å². The predicted octanol–water partition coefficient (Wildman–Crippen LogP) is 5.05. The summed E-state index contributed by atoms with van der Waals surface area (Å²) < 4.78 is 9.56. The van der Waals surface area contributed by atoms with Gasteiger partial charge in [-0.2, -0.15) is 5.10 Å². The Balaban J connectivity index is 1.56. The van der Waals surface area contributed by atoms with Crippen LogP contribution >= 0.6 is 0 Å². The van der Waals surface area contributed by atoms with Gasteiger partial charge in [0.05, 0.1) is 30.6 Å². The molecule has 9 nitrogen and oxygen atoms in total. The highest BCUT2D eigenvalue weighted by molar-refractivity contribution is 5.99. The van der Waals surface area contributed by atoms with Crippen LogP contribution in [-0.2, 0) is 20.0 Å². The number of hydrogen-bond acceptors (Lipinski definition) is 5. The van der Waals surface area contributed by atoms with E-state index in [9.17, 15) is 4.79 Å². The fourth-order valence-corrected chi connectivity index (χ4v) is 5.20. The first-order valence-corrected chi connectivity index (χ1v) is 12.8. The van der Waals surface area contributed by atoms with E-state index in [0.29, 0.717) is 42.4 Å². The SMILES string of the molecule is [C-]#[N+]c1cnc([C@H](C)N2CCc3c(cc(Cn4ccnc4C)cc3-c3cn(C)nc3C)C2=O)cc1OCC. The number of pyridine rings is 1. The Morgan fingerprint density at radius 3 is 2.61 bits per heavy atom. The molecule has 1 atom stereocenters. The van der Waals surface area contributed by atoms with Gasteiger partial charge in [-0.1, -0.05) is 0 Å². The Kier molecular flexibility index (Phi) is 6.72. The van der Waals surface area contributed by atoms with Crippen LogP contribution in [0.1, 0.15) is 58.6 Å². The number of carbonyl (C=O) groups excluding carboxylic acids is 1. The summed E-state index contributed by atoms with van der Waals surface area (Å²) in [6.07, 6.45) is 8.01. The molecule has 9 heteroatoms. The molecule has 1 aliphatic heterocycles. The summed E-state index contributed by atoms with van der Waals surface area (Å²) in [6.45, 7) is 16.9. The van der Waals surface area contributed by atoms with Crippen molar-refractivity contribution < 1.29 is 9.53 Å². The maximum absolute atomic E-state index is 14.0. The number of imidazole rings is 1. The van der Waals surface area contributed by atoms with Crippen molar-refractivity contribution in [2.75, 3.05) is 13.2 Å². The van der Waals surface area contributed by atoms with Crippen LogP contribution < -0.4 is 4.74 Å². The van der Waals surface area contributed by atoms with Crippen LogP contribution in [0.3, 0.4) is 0 Å². The number of aryl methyl sites for hydroxylation is 3. The van der Waals surface area contributed by atoms with Crippen LogP contribution in [0.25, 0.3) is 16.0 Å². The zero-order valence-corrected chi connectivity index (χ0v) is 22.4. The summed E-state index contributed by atoms with van der Waals surface area (Å²) >= 11 is 0. The van der Waals surface area contributed by atoms with Gasteiger partial charge in [-0.05, 0) is 69.0 Å². The third kappa shape index (κ3) is 4.54. The normalized spacial score (nSPS) is 13.8. The molecule has 4 aromatic rings. The van der Waals surface area contributed by atoms with Crippen molar-refractivity contribution in [1.29, 1.82) is 0 Å². The van der Waals surface area contributed by atoms with Crippen LogP contribution in [0.15, 0.2) is 43.0 Å². The summed E-state index contributed by atoms with van der Waals surface area (Å²) in [5.74, 6) is 1.39. The molecule has 3 aromatic heterocycles. The minimum absolute atomic E-state index is 0.0280. The van der Waals surface area contributed by atoms with E-state index in [2.05, 4.69) is 30.5 Å². The van der Waals surface area contributed by atoms with E-state index in [1.807, 2.05) is 62.8 Å². The minimum atomic E-state index is -0.280. The minimum Gasteiger partial charge on any atom is -0.505 e. The first kappa shape index (κ1) is 25.2. The number of amides is 1. The van der Waals surface area contributed by atoms with Crippen LogP contribution in [0.4, 0.5) is 5.69 Å². The molecular formula is C29H31N7O2. The molecule has 0 aliphatic carbocycles. The average molecular weight is 510 g/mol. The maximum atomic E-state index is 14.0. The molecular weight excluding hydrogens is 478 g/mol. The number of benzene rings is 1. The van der Waals surface area contributed by atoms with Gasteiger partial charge in [-0.25, -0.2) is 9.83 Å². The third-order valence-electron chi connectivity index (χ3n) is 7.17. The van der Waals surface area contributed by atoms with Crippen molar-refractivity contribution >= 4 is 11.6 Å². The largest absolute Gasteiger partial charge is 0.505 e. The number of fused-ring (bicyclic) bond motifs is 1. The highest BCUT2D eigenvalue weighted by Gasteiger charge is 2.32. The number of hydrogen-bond donors (Lipinski definition) is 0. The van der Waals surface area contributed by atoms with Crippen LogP contribution in [0.5, 0.6) is 5.75 Å². The zero-order chi connectivity index (χ0) is 27.0. The number of carbonyl (C=O) groups is 1. The quantitative estimate of drug-likeness (QED) is 0.326. The Morgan fingerprint density at radius 1 is 1.16 bits per heavy atom. The smallest absolute Gasteiger partial charge is 0.254 e. The van der Waals surface area contributed by atoms with Crippen LogP contribution in [0.2, 0.25) is 0 Å². The van der Waals surface area contributed by atoms with Gasteiger partial charge < -0.3 is 14.2 Å². The highest BCUT2D eigenvalue weighted by Crippen LogP contribution is 2.37. The lowest BCUT2D eigenvalue weighted by Gasteiger charge is -2.34. The lowest BCUT2D eigenvalue weighted by molar-refractivity contribution is 0.0669. The second-order valence-electron chi connectivity index (χ2n) is 9.62. The standard InChI is InChI=1S/C29H31N7O2/c1-7-38-28-14-26(32-15-27(28)30-5)19(3)36-10-8-22-23(25-17-34(6)33-18(25)2)12-21(13-24(22)29(36)37)16-35-11-9-31-20(35)4/h9,11-15,17,19H,7-8,10,16H2,1-4,6H3/t19-/m0/s1. The van der Waals surface area contributed by atoms with Gasteiger partial charge in [0.1, 0.15) is 11.6 Å². The van der Waals surface area contributed by atoms with Crippen LogP contribution in [-0.4, -0.2) is 48.3 Å². The molecule has 0 unspecified atom stereocenters. The van der Waals surface area contributed by atoms with Crippen molar-refractivity contribution in [3.05, 3.63) is 88.3 Å². The van der Waals surface area contributed by atoms with Gasteiger partial charge in [-0.3, -0.25) is 14.5 Å². The Hall–Kier alpha value is -4.45. The molecule has 194 valence electrons. The molecule has 0 saturated carbocycles. The molecule has 0 radical (unpaired) electrons. The zero-order valence-electron chi connectivity index (χ0n) is 22.4. The topological polar surface area (TPSA) is 82.4 Å². The maximum Gasteiger partial charge on any atom is 0.254 e. The summed E-state index contributed by atoms with van der Waals surface area (Å²) in [5, 5.41) is 4.56. The summed E-state index contributed by atoms with van der Waals surface area (Å²) in [6, 6.07) is 5.71. The van der Waals surface area contributed by atoms with Gasteiger partial charge in [0.25, 0.3) is 5.91 Å². The molecule has 1 aliphatic rings. The van der Waals surface area contributed by atoms with Crippen molar-refractivity contribution in [2.45, 2.75) is 46.7 Å². The molecule has 0 fully saturated rings. The second-order valence-corrected chi connectivity index (χ2v) is 9.62. The van der Waals surface area contributed by atoms with Crippen molar-refractivity contribution in [3.63, 3.8) is 0 Å². The third-order valence-corrected chi connectivity index (χ3v) is 7.17. The molecule has 38 heavy (non-hydrogen) atoms. The average Bonchev–Trinajstić information content (AvgIpc) is 3.47. The molecule has 4 heterocycles. The molecule has 5 rings (SSSR count). The molecule has 0 N–H and O–H groups in total. The number of nitrogens with zero attached hydrogens (tertiary/aromatic N) is 7. The van der Waals surface area contributed by atoms with Gasteiger partial charge in [-0.15, -0.1) is 0 Å². The van der Waals surface area contributed by atoms with Crippen LogP contribution in [0, 0.1) is 20.4 Å². The van der Waals surface area contributed by atoms with Crippen molar-refractivity contribution in [3.8, 4) is 16.9 Å². The van der Waals surface area contributed by atoms with Crippen molar-refractivity contribution in [1.82, 2.24) is 29.2 Å². The summed E-state index contributed by atoms with van der Waals surface area (Å²) in [7, 11) is 1.92. The molecule has 0 saturated heterocycles. The van der Waals surface area contributed by atoms with Gasteiger partial charge in [0, 0.05) is 56.1 Å². The molecule has 0 spiro atoms. The summed E-state index contributed by atoms with van der Waals surface area (Å²) in [4.78, 5) is 28.3. The lowest BCUT2D eigenvalue weighted by atomic mass is 9.87. The van der Waals surface area contributed by atoms with E-state index >= 15 is 0 Å². The fourth-order valence-electron chi connectivity index (χ4n) is 5.20. The molecule has 0 bridgehead atoms. The van der Waals surface area contributed by atoms with Crippen molar-refractivity contribution in [2.24, 2.45) is 7.05 Å². The first-order valence-electron chi connectivity index (χ1n) is 12.8. The van der Waals surface area contributed by atoms with E-state index < -0.39 is 0 Å². The Morgan fingerprint density at radius 2 is 1.95 bits per heavy atom. The molecule has 1 aromatic carbocycles. The van der Waals surface area contributed by atoms with E-state index in [1.165, 1.54) is 6.20 Å². The number of rotatable bonds is 7. The monoisotopic (exact) mass is 509 g/mol. The Labute approximate surface area is 222 Å². The van der Waals surface area contributed by atoms with Gasteiger partial charge in [0.2, 0.25) is 5.69 Å². The van der Waals surface area contributed by atoms with Gasteiger partial charge in [0.15, 0.2) is 0 Å². The lowest BCUT2D eigenvalue weighted by Crippen LogP contribution is -2.40. The predicted molar refractivity (Wildman–Crippen MR) is 144 cm³/mol. The van der Waals surface area contributed by atoms with E-state index in [1.54, 1.807) is 12.3 Å². The highest BCUT2D eigenvalue weighted by atomic mass is 16.5.